The van der Waals surface area contributed by atoms with Gasteiger partial charge in [0.1, 0.15) is 5.65 Å². The molecule has 2 aromatic heterocycles. The van der Waals surface area contributed by atoms with Gasteiger partial charge in [0.2, 0.25) is 5.91 Å². The fourth-order valence-corrected chi connectivity index (χ4v) is 3.44. The maximum atomic E-state index is 12.6. The van der Waals surface area contributed by atoms with Crippen LogP contribution >= 0.6 is 0 Å². The SMILES string of the molecule is Cc1cccc(NC(=O)CCc2c(-c3ccccc3)nc3ccccn23)c1C. The second-order valence-corrected chi connectivity index (χ2v) is 7.00. The predicted molar refractivity (Wildman–Crippen MR) is 113 cm³/mol. The van der Waals surface area contributed by atoms with E-state index >= 15 is 0 Å². The van der Waals surface area contributed by atoms with E-state index in [0.29, 0.717) is 12.8 Å². The van der Waals surface area contributed by atoms with Crippen LogP contribution in [0.15, 0.2) is 72.9 Å². The van der Waals surface area contributed by atoms with Crippen molar-refractivity contribution in [2.75, 3.05) is 5.32 Å². The van der Waals surface area contributed by atoms with Crippen molar-refractivity contribution in [3.63, 3.8) is 0 Å². The molecule has 1 N–H and O–H groups in total. The van der Waals surface area contributed by atoms with E-state index in [-0.39, 0.29) is 5.91 Å². The normalized spacial score (nSPS) is 10.9. The van der Waals surface area contributed by atoms with Gasteiger partial charge in [-0.15, -0.1) is 0 Å². The van der Waals surface area contributed by atoms with E-state index in [0.717, 1.165) is 33.8 Å². The summed E-state index contributed by atoms with van der Waals surface area (Å²) in [6.07, 6.45) is 3.02. The molecule has 2 aromatic carbocycles. The first-order chi connectivity index (χ1) is 13.6. The van der Waals surface area contributed by atoms with Crippen molar-refractivity contribution >= 4 is 17.2 Å². The number of nitrogens with zero attached hydrogens (tertiary/aromatic N) is 2. The van der Waals surface area contributed by atoms with Crippen molar-refractivity contribution in [3.05, 3.63) is 89.7 Å². The molecule has 0 radical (unpaired) electrons. The number of carbonyl (C=O) groups is 1. The summed E-state index contributed by atoms with van der Waals surface area (Å²) in [4.78, 5) is 17.4. The van der Waals surface area contributed by atoms with Gasteiger partial charge in [-0.2, -0.15) is 0 Å². The molecule has 0 aliphatic heterocycles. The third-order valence-electron chi connectivity index (χ3n) is 5.14. The molecule has 4 rings (SSSR count). The summed E-state index contributed by atoms with van der Waals surface area (Å²) < 4.78 is 2.08. The monoisotopic (exact) mass is 369 g/mol. The Morgan fingerprint density at radius 3 is 2.57 bits per heavy atom. The third kappa shape index (κ3) is 3.54. The largest absolute Gasteiger partial charge is 0.326 e. The van der Waals surface area contributed by atoms with Gasteiger partial charge in [-0.05, 0) is 49.6 Å². The van der Waals surface area contributed by atoms with Gasteiger partial charge in [0.15, 0.2) is 0 Å². The first-order valence-corrected chi connectivity index (χ1v) is 9.51. The van der Waals surface area contributed by atoms with E-state index in [1.54, 1.807) is 0 Å². The summed E-state index contributed by atoms with van der Waals surface area (Å²) in [7, 11) is 0. The van der Waals surface area contributed by atoms with Gasteiger partial charge >= 0.3 is 0 Å². The Bertz CT molecular complexity index is 1130. The average molecular weight is 369 g/mol. The lowest BCUT2D eigenvalue weighted by molar-refractivity contribution is -0.116. The molecule has 0 spiro atoms. The quantitative estimate of drug-likeness (QED) is 0.526. The molecule has 0 saturated heterocycles. The van der Waals surface area contributed by atoms with E-state index in [2.05, 4.69) is 34.8 Å². The number of hydrogen-bond donors (Lipinski definition) is 1. The molecule has 4 nitrogen and oxygen atoms in total. The molecule has 28 heavy (non-hydrogen) atoms. The van der Waals surface area contributed by atoms with E-state index in [1.165, 1.54) is 5.56 Å². The summed E-state index contributed by atoms with van der Waals surface area (Å²) in [5, 5.41) is 3.05. The maximum absolute atomic E-state index is 12.6. The zero-order chi connectivity index (χ0) is 19.5. The Hall–Kier alpha value is -3.40. The lowest BCUT2D eigenvalue weighted by atomic mass is 10.1. The molecule has 2 heterocycles. The number of hydrogen-bond acceptors (Lipinski definition) is 2. The number of aromatic nitrogens is 2. The highest BCUT2D eigenvalue weighted by Crippen LogP contribution is 2.26. The van der Waals surface area contributed by atoms with Crippen molar-refractivity contribution in [2.45, 2.75) is 26.7 Å². The molecule has 140 valence electrons. The molecule has 1 amide bonds. The summed E-state index contributed by atoms with van der Waals surface area (Å²) in [6, 6.07) is 22.1. The molecule has 0 aliphatic rings. The Morgan fingerprint density at radius 2 is 1.75 bits per heavy atom. The first kappa shape index (κ1) is 18.0. The summed E-state index contributed by atoms with van der Waals surface area (Å²) in [5.41, 5.74) is 7.11. The summed E-state index contributed by atoms with van der Waals surface area (Å²) in [6.45, 7) is 4.08. The molecular formula is C24H23N3O. The number of aryl methyl sites for hydroxylation is 2. The molecule has 0 atom stereocenters. The van der Waals surface area contributed by atoms with Crippen LogP contribution in [0.5, 0.6) is 0 Å². The van der Waals surface area contributed by atoms with Crippen molar-refractivity contribution in [2.24, 2.45) is 0 Å². The van der Waals surface area contributed by atoms with Crippen molar-refractivity contribution in [3.8, 4) is 11.3 Å². The van der Waals surface area contributed by atoms with Gasteiger partial charge in [-0.3, -0.25) is 4.79 Å². The van der Waals surface area contributed by atoms with Crippen LogP contribution < -0.4 is 5.32 Å². The standard InChI is InChI=1S/C24H23N3O/c1-17-9-8-12-20(18(17)2)25-23(28)15-14-21-24(19-10-4-3-5-11-19)26-22-13-6-7-16-27(21)22/h3-13,16H,14-15H2,1-2H3,(H,25,28). The number of amides is 1. The molecule has 0 fully saturated rings. The number of carbonyl (C=O) groups excluding carboxylic acids is 1. The fourth-order valence-electron chi connectivity index (χ4n) is 3.44. The fraction of sp³-hybridized carbons (Fsp3) is 0.167. The van der Waals surface area contributed by atoms with Crippen LogP contribution in [0.4, 0.5) is 5.69 Å². The molecule has 0 bridgehead atoms. The van der Waals surface area contributed by atoms with Gasteiger partial charge in [0, 0.05) is 23.9 Å². The van der Waals surface area contributed by atoms with E-state index in [4.69, 9.17) is 4.98 Å². The van der Waals surface area contributed by atoms with Gasteiger partial charge in [-0.25, -0.2) is 4.98 Å². The number of benzene rings is 2. The van der Waals surface area contributed by atoms with Crippen LogP contribution in [0.1, 0.15) is 23.2 Å². The zero-order valence-electron chi connectivity index (χ0n) is 16.1. The Morgan fingerprint density at radius 1 is 0.964 bits per heavy atom. The van der Waals surface area contributed by atoms with Gasteiger partial charge in [-0.1, -0.05) is 48.5 Å². The van der Waals surface area contributed by atoms with Crippen LogP contribution in [0.2, 0.25) is 0 Å². The van der Waals surface area contributed by atoms with Crippen molar-refractivity contribution < 1.29 is 4.79 Å². The number of imidazole rings is 1. The molecule has 0 aliphatic carbocycles. The highest BCUT2D eigenvalue weighted by Gasteiger charge is 2.15. The average Bonchev–Trinajstić information content (AvgIpc) is 3.09. The zero-order valence-corrected chi connectivity index (χ0v) is 16.1. The molecule has 0 unspecified atom stereocenters. The number of nitrogens with one attached hydrogen (secondary N) is 1. The minimum absolute atomic E-state index is 0.0126. The van der Waals surface area contributed by atoms with Crippen LogP contribution in [-0.4, -0.2) is 15.3 Å². The highest BCUT2D eigenvalue weighted by atomic mass is 16.1. The summed E-state index contributed by atoms with van der Waals surface area (Å²) in [5.74, 6) is 0.0126. The molecule has 0 saturated carbocycles. The van der Waals surface area contributed by atoms with Gasteiger partial charge < -0.3 is 9.72 Å². The summed E-state index contributed by atoms with van der Waals surface area (Å²) >= 11 is 0. The number of rotatable bonds is 5. The minimum atomic E-state index is 0.0126. The topological polar surface area (TPSA) is 46.4 Å². The Balaban J connectivity index is 1.59. The van der Waals surface area contributed by atoms with E-state index in [9.17, 15) is 4.79 Å². The van der Waals surface area contributed by atoms with Crippen molar-refractivity contribution in [1.29, 1.82) is 0 Å². The van der Waals surface area contributed by atoms with Crippen LogP contribution in [0.3, 0.4) is 0 Å². The van der Waals surface area contributed by atoms with Gasteiger partial charge in [0.05, 0.1) is 11.4 Å². The number of anilines is 1. The Labute approximate surface area is 164 Å². The smallest absolute Gasteiger partial charge is 0.224 e. The van der Waals surface area contributed by atoms with Crippen LogP contribution in [-0.2, 0) is 11.2 Å². The molecule has 4 heteroatoms. The second kappa shape index (κ2) is 7.69. The second-order valence-electron chi connectivity index (χ2n) is 7.00. The van der Waals surface area contributed by atoms with E-state index < -0.39 is 0 Å². The third-order valence-corrected chi connectivity index (χ3v) is 5.14. The molecule has 4 aromatic rings. The van der Waals surface area contributed by atoms with Crippen molar-refractivity contribution in [1.82, 2.24) is 9.38 Å². The number of fused-ring (bicyclic) bond motifs is 1. The number of pyridine rings is 1. The van der Waals surface area contributed by atoms with E-state index in [1.807, 2.05) is 61.7 Å². The lowest BCUT2D eigenvalue weighted by Gasteiger charge is -2.11. The highest BCUT2D eigenvalue weighted by molar-refractivity contribution is 5.91. The van der Waals surface area contributed by atoms with Gasteiger partial charge in [0.25, 0.3) is 0 Å². The first-order valence-electron chi connectivity index (χ1n) is 9.51. The lowest BCUT2D eigenvalue weighted by Crippen LogP contribution is -2.14. The predicted octanol–water partition coefficient (Wildman–Crippen LogP) is 5.19. The van der Waals surface area contributed by atoms with Crippen LogP contribution in [0, 0.1) is 13.8 Å². The molecular weight excluding hydrogens is 346 g/mol. The Kier molecular flexibility index (Phi) is 4.94. The minimum Gasteiger partial charge on any atom is -0.326 e. The van der Waals surface area contributed by atoms with Crippen LogP contribution in [0.25, 0.3) is 16.9 Å². The maximum Gasteiger partial charge on any atom is 0.224 e.